The Balaban J connectivity index is 1.58. The van der Waals surface area contributed by atoms with E-state index < -0.39 is 0 Å². The number of carbonyl (C=O) groups is 1. The van der Waals surface area contributed by atoms with Crippen LogP contribution in [0.15, 0.2) is 30.3 Å². The van der Waals surface area contributed by atoms with Crippen LogP contribution in [0.2, 0.25) is 0 Å². The second-order valence-corrected chi connectivity index (χ2v) is 8.37. The first-order valence-electron chi connectivity index (χ1n) is 11.2. The molecule has 0 unspecified atom stereocenters. The number of ether oxygens (including phenoxy) is 1. The number of nitrogens with one attached hydrogen (secondary N) is 2. The Bertz CT molecular complexity index is 604. The molecule has 0 spiro atoms. The van der Waals surface area contributed by atoms with Gasteiger partial charge >= 0.3 is 0 Å². The van der Waals surface area contributed by atoms with E-state index in [0.29, 0.717) is 25.2 Å². The second kappa shape index (κ2) is 11.6. The van der Waals surface area contributed by atoms with Crippen LogP contribution in [0.1, 0.15) is 38.2 Å². The molecule has 0 aromatic heterocycles. The molecular weight excluding hydrogens is 364 g/mol. The number of rotatable bonds is 10. The SMILES string of the molecule is CCCN1CCC(N2C[C@@H](NCc3ccccc3)C[C@H]2C(=O)NCCOC)CC1. The molecule has 2 saturated heterocycles. The smallest absolute Gasteiger partial charge is 0.237 e. The molecule has 6 heteroatoms. The summed E-state index contributed by atoms with van der Waals surface area (Å²) in [5, 5.41) is 6.77. The highest BCUT2D eigenvalue weighted by Crippen LogP contribution is 2.27. The summed E-state index contributed by atoms with van der Waals surface area (Å²) in [4.78, 5) is 18.0. The lowest BCUT2D eigenvalue weighted by Crippen LogP contribution is -2.51. The van der Waals surface area contributed by atoms with Gasteiger partial charge in [0.2, 0.25) is 5.91 Å². The summed E-state index contributed by atoms with van der Waals surface area (Å²) in [6, 6.07) is 11.3. The maximum Gasteiger partial charge on any atom is 0.237 e. The minimum atomic E-state index is -0.0390. The molecule has 2 fully saturated rings. The molecule has 3 rings (SSSR count). The Morgan fingerprint density at radius 3 is 2.66 bits per heavy atom. The van der Waals surface area contributed by atoms with E-state index in [2.05, 4.69) is 51.6 Å². The topological polar surface area (TPSA) is 56.8 Å². The fraction of sp³-hybridized carbons (Fsp3) is 0.696. The maximum atomic E-state index is 12.9. The van der Waals surface area contributed by atoms with E-state index >= 15 is 0 Å². The highest BCUT2D eigenvalue weighted by Gasteiger charge is 2.40. The summed E-state index contributed by atoms with van der Waals surface area (Å²) in [5.74, 6) is 0.155. The van der Waals surface area contributed by atoms with Crippen molar-refractivity contribution in [3.05, 3.63) is 35.9 Å². The molecule has 2 atom stereocenters. The van der Waals surface area contributed by atoms with E-state index in [1.807, 2.05) is 6.07 Å². The summed E-state index contributed by atoms with van der Waals surface area (Å²) >= 11 is 0. The van der Waals surface area contributed by atoms with Crippen LogP contribution in [0.5, 0.6) is 0 Å². The summed E-state index contributed by atoms with van der Waals surface area (Å²) < 4.78 is 5.10. The fourth-order valence-electron chi connectivity index (χ4n) is 4.71. The Kier molecular flexibility index (Phi) is 8.92. The number of likely N-dealkylation sites (tertiary alicyclic amines) is 2. The van der Waals surface area contributed by atoms with E-state index in [1.54, 1.807) is 7.11 Å². The van der Waals surface area contributed by atoms with Crippen molar-refractivity contribution in [2.75, 3.05) is 46.4 Å². The van der Waals surface area contributed by atoms with Crippen molar-refractivity contribution >= 4 is 5.91 Å². The quantitative estimate of drug-likeness (QED) is 0.585. The zero-order valence-corrected chi connectivity index (χ0v) is 18.1. The van der Waals surface area contributed by atoms with Gasteiger partial charge in [-0.3, -0.25) is 9.69 Å². The third-order valence-corrected chi connectivity index (χ3v) is 6.25. The molecule has 2 N–H and O–H groups in total. The van der Waals surface area contributed by atoms with Crippen LogP contribution in [-0.4, -0.2) is 80.3 Å². The summed E-state index contributed by atoms with van der Waals surface area (Å²) in [7, 11) is 1.67. The third-order valence-electron chi connectivity index (χ3n) is 6.25. The van der Waals surface area contributed by atoms with Gasteiger partial charge in [-0.1, -0.05) is 37.3 Å². The molecule has 162 valence electrons. The molecule has 0 aliphatic carbocycles. The molecular formula is C23H38N4O2. The molecule has 29 heavy (non-hydrogen) atoms. The van der Waals surface area contributed by atoms with Gasteiger partial charge in [0.05, 0.1) is 12.6 Å². The summed E-state index contributed by atoms with van der Waals surface area (Å²) in [5.41, 5.74) is 1.29. The van der Waals surface area contributed by atoms with E-state index in [9.17, 15) is 4.79 Å². The van der Waals surface area contributed by atoms with E-state index in [1.165, 1.54) is 18.5 Å². The van der Waals surface area contributed by atoms with Crippen molar-refractivity contribution < 1.29 is 9.53 Å². The Hall–Kier alpha value is -1.47. The molecule has 6 nitrogen and oxygen atoms in total. The van der Waals surface area contributed by atoms with Crippen molar-refractivity contribution in [1.29, 1.82) is 0 Å². The largest absolute Gasteiger partial charge is 0.383 e. The maximum absolute atomic E-state index is 12.9. The molecule has 0 saturated carbocycles. The Labute approximate surface area is 176 Å². The van der Waals surface area contributed by atoms with Gasteiger partial charge in [0, 0.05) is 38.8 Å². The van der Waals surface area contributed by atoms with Crippen molar-refractivity contribution in [1.82, 2.24) is 20.4 Å². The van der Waals surface area contributed by atoms with Crippen LogP contribution >= 0.6 is 0 Å². The zero-order chi connectivity index (χ0) is 20.5. The molecule has 0 bridgehead atoms. The lowest BCUT2D eigenvalue weighted by atomic mass is 10.0. The Morgan fingerprint density at radius 1 is 1.21 bits per heavy atom. The van der Waals surface area contributed by atoms with Crippen molar-refractivity contribution in [2.24, 2.45) is 0 Å². The van der Waals surface area contributed by atoms with E-state index in [4.69, 9.17) is 4.74 Å². The molecule has 1 amide bonds. The summed E-state index contributed by atoms with van der Waals surface area (Å²) in [6.45, 7) is 8.68. The highest BCUT2D eigenvalue weighted by molar-refractivity contribution is 5.82. The standard InChI is InChI=1S/C23H38N4O2/c1-3-12-26-13-9-21(10-14-26)27-18-20(25-17-19-7-5-4-6-8-19)16-22(27)23(28)24-11-15-29-2/h4-8,20-22,25H,3,9-18H2,1-2H3,(H,24,28)/t20-,22-/m0/s1. The average molecular weight is 403 g/mol. The molecule has 2 aliphatic heterocycles. The lowest BCUT2D eigenvalue weighted by molar-refractivity contribution is -0.126. The van der Waals surface area contributed by atoms with Gasteiger partial charge in [0.25, 0.3) is 0 Å². The Morgan fingerprint density at radius 2 is 1.97 bits per heavy atom. The first-order chi connectivity index (χ1) is 14.2. The number of piperidine rings is 1. The van der Waals surface area contributed by atoms with Crippen LogP contribution in [0.3, 0.4) is 0 Å². The lowest BCUT2D eigenvalue weighted by Gasteiger charge is -2.39. The number of hydrogen-bond acceptors (Lipinski definition) is 5. The number of carbonyl (C=O) groups excluding carboxylic acids is 1. The van der Waals surface area contributed by atoms with Gasteiger partial charge < -0.3 is 20.3 Å². The van der Waals surface area contributed by atoms with Crippen LogP contribution in [0.4, 0.5) is 0 Å². The number of benzene rings is 1. The van der Waals surface area contributed by atoms with Crippen molar-refractivity contribution in [3.63, 3.8) is 0 Å². The predicted molar refractivity (Wildman–Crippen MR) is 117 cm³/mol. The van der Waals surface area contributed by atoms with Gasteiger partial charge in [-0.15, -0.1) is 0 Å². The minimum absolute atomic E-state index is 0.0390. The van der Waals surface area contributed by atoms with Crippen molar-refractivity contribution in [2.45, 2.75) is 57.3 Å². The number of nitrogens with zero attached hydrogens (tertiary/aromatic N) is 2. The molecule has 1 aromatic carbocycles. The second-order valence-electron chi connectivity index (χ2n) is 8.37. The normalized spacial score (nSPS) is 24.1. The van der Waals surface area contributed by atoms with Crippen LogP contribution in [0, 0.1) is 0 Å². The minimum Gasteiger partial charge on any atom is -0.383 e. The van der Waals surface area contributed by atoms with E-state index in [-0.39, 0.29) is 11.9 Å². The van der Waals surface area contributed by atoms with Gasteiger partial charge in [-0.2, -0.15) is 0 Å². The van der Waals surface area contributed by atoms with Crippen LogP contribution in [0.25, 0.3) is 0 Å². The fourth-order valence-corrected chi connectivity index (χ4v) is 4.71. The van der Waals surface area contributed by atoms with Crippen LogP contribution < -0.4 is 10.6 Å². The summed E-state index contributed by atoms with van der Waals surface area (Å²) in [6.07, 6.45) is 4.41. The van der Waals surface area contributed by atoms with Gasteiger partial charge in [-0.25, -0.2) is 0 Å². The first kappa shape index (κ1) is 22.2. The molecule has 2 heterocycles. The first-order valence-corrected chi connectivity index (χ1v) is 11.2. The highest BCUT2D eigenvalue weighted by atomic mass is 16.5. The third kappa shape index (κ3) is 6.51. The zero-order valence-electron chi connectivity index (χ0n) is 18.1. The predicted octanol–water partition coefficient (Wildman–Crippen LogP) is 1.86. The van der Waals surface area contributed by atoms with Gasteiger partial charge in [0.1, 0.15) is 0 Å². The number of methoxy groups -OCH3 is 1. The van der Waals surface area contributed by atoms with Gasteiger partial charge in [0.15, 0.2) is 0 Å². The molecule has 2 aliphatic rings. The van der Waals surface area contributed by atoms with Crippen LogP contribution in [-0.2, 0) is 16.1 Å². The molecule has 0 radical (unpaired) electrons. The molecule has 1 aromatic rings. The van der Waals surface area contributed by atoms with Crippen molar-refractivity contribution in [3.8, 4) is 0 Å². The number of amides is 1. The monoisotopic (exact) mass is 402 g/mol. The number of hydrogen-bond donors (Lipinski definition) is 2. The van der Waals surface area contributed by atoms with E-state index in [0.717, 1.165) is 45.4 Å². The van der Waals surface area contributed by atoms with Gasteiger partial charge in [-0.05, 0) is 50.9 Å². The average Bonchev–Trinajstić information content (AvgIpc) is 3.18.